The first-order chi connectivity index (χ1) is 13.3. The van der Waals surface area contributed by atoms with Gasteiger partial charge in [0.25, 0.3) is 0 Å². The lowest BCUT2D eigenvalue weighted by molar-refractivity contribution is -0.00834. The highest BCUT2D eigenvalue weighted by molar-refractivity contribution is 14.0. The zero-order valence-corrected chi connectivity index (χ0v) is 20.3. The van der Waals surface area contributed by atoms with Crippen LogP contribution in [0.3, 0.4) is 0 Å². The van der Waals surface area contributed by atoms with E-state index in [1.54, 1.807) is 26.0 Å². The van der Waals surface area contributed by atoms with E-state index in [9.17, 15) is 8.78 Å². The maximum Gasteiger partial charge on any atom is 0.191 e. The molecule has 1 aliphatic heterocycles. The number of likely N-dealkylation sites (N-methyl/N-ethyl adjacent to an activating group) is 1. The van der Waals surface area contributed by atoms with Crippen LogP contribution >= 0.6 is 24.0 Å². The molecule has 2 rings (SSSR count). The molecule has 1 unspecified atom stereocenters. The molecule has 0 radical (unpaired) electrons. The molecule has 0 spiro atoms. The molecule has 1 aromatic carbocycles. The fourth-order valence-electron chi connectivity index (χ4n) is 3.37. The summed E-state index contributed by atoms with van der Waals surface area (Å²) in [5, 5.41) is 6.53. The summed E-state index contributed by atoms with van der Waals surface area (Å²) in [4.78, 5) is 8.43. The number of nitrogens with one attached hydrogen (secondary N) is 2. The highest BCUT2D eigenvalue weighted by Gasteiger charge is 2.28. The van der Waals surface area contributed by atoms with Crippen molar-refractivity contribution in [2.24, 2.45) is 4.99 Å². The van der Waals surface area contributed by atoms with Gasteiger partial charge in [0, 0.05) is 44.3 Å². The number of guanidine groups is 1. The van der Waals surface area contributed by atoms with E-state index < -0.39 is 17.7 Å². The van der Waals surface area contributed by atoms with Crippen LogP contribution in [0.5, 0.6) is 0 Å². The fourth-order valence-corrected chi connectivity index (χ4v) is 3.37. The molecular formula is C20H34F2IN5O. The Bertz CT molecular complexity index is 646. The van der Waals surface area contributed by atoms with Gasteiger partial charge in [0.05, 0.1) is 19.3 Å². The third-order valence-corrected chi connectivity index (χ3v) is 5.20. The molecule has 2 N–H and O–H groups in total. The van der Waals surface area contributed by atoms with Crippen molar-refractivity contribution in [3.8, 4) is 0 Å². The van der Waals surface area contributed by atoms with Crippen molar-refractivity contribution in [1.82, 2.24) is 20.4 Å². The first-order valence-electron chi connectivity index (χ1n) is 9.64. The summed E-state index contributed by atoms with van der Waals surface area (Å²) in [6.07, 6.45) is 0. The third-order valence-electron chi connectivity index (χ3n) is 5.20. The number of nitrogens with zero attached hydrogens (tertiary/aromatic N) is 3. The minimum absolute atomic E-state index is 0. The van der Waals surface area contributed by atoms with Gasteiger partial charge in [-0.05, 0) is 40.1 Å². The molecule has 1 heterocycles. The molecule has 6 nitrogen and oxygen atoms in total. The minimum atomic E-state index is -0.545. The first kappa shape index (κ1) is 26.0. The number of rotatable bonds is 7. The second-order valence-electron chi connectivity index (χ2n) is 7.83. The Morgan fingerprint density at radius 1 is 1.21 bits per heavy atom. The van der Waals surface area contributed by atoms with Crippen LogP contribution in [0.25, 0.3) is 0 Å². The molecular weight excluding hydrogens is 491 g/mol. The molecule has 0 amide bonds. The van der Waals surface area contributed by atoms with Gasteiger partial charge in [-0.25, -0.2) is 8.78 Å². The monoisotopic (exact) mass is 525 g/mol. The molecule has 1 aliphatic rings. The van der Waals surface area contributed by atoms with Crippen molar-refractivity contribution in [3.05, 3.63) is 35.4 Å². The molecule has 1 aromatic rings. The van der Waals surface area contributed by atoms with E-state index in [1.165, 1.54) is 18.2 Å². The second kappa shape index (κ2) is 12.0. The molecule has 0 saturated carbocycles. The Balaban J connectivity index is 0.00000420. The molecule has 166 valence electrons. The molecule has 9 heteroatoms. The van der Waals surface area contributed by atoms with Gasteiger partial charge < -0.3 is 20.3 Å². The molecule has 0 bridgehead atoms. The molecule has 0 aliphatic carbocycles. The predicted octanol–water partition coefficient (Wildman–Crippen LogP) is 2.46. The van der Waals surface area contributed by atoms with Crippen LogP contribution in [0.2, 0.25) is 0 Å². The zero-order valence-electron chi connectivity index (χ0n) is 18.0. The van der Waals surface area contributed by atoms with Crippen molar-refractivity contribution < 1.29 is 13.5 Å². The summed E-state index contributed by atoms with van der Waals surface area (Å²) in [7, 11) is 5.29. The Morgan fingerprint density at radius 2 is 1.79 bits per heavy atom. The third kappa shape index (κ3) is 7.30. The van der Waals surface area contributed by atoms with Crippen LogP contribution in [-0.4, -0.2) is 81.8 Å². The van der Waals surface area contributed by atoms with Gasteiger partial charge in [0.15, 0.2) is 5.96 Å². The van der Waals surface area contributed by atoms with E-state index in [0.29, 0.717) is 19.0 Å². The number of benzene rings is 1. The largest absolute Gasteiger partial charge is 0.379 e. The Hall–Kier alpha value is -1.04. The molecule has 29 heavy (non-hydrogen) atoms. The SMILES string of the molecule is CN=C(NCC(c1c(F)cccc1F)N(C)C)NCC(C)(C)N1CCOCC1.I. The Kier molecular flexibility index (Phi) is 10.7. The average Bonchev–Trinajstić information content (AvgIpc) is 2.66. The van der Waals surface area contributed by atoms with E-state index >= 15 is 0 Å². The molecule has 1 atom stereocenters. The lowest BCUT2D eigenvalue weighted by Gasteiger charge is -2.41. The molecule has 0 aromatic heterocycles. The first-order valence-corrected chi connectivity index (χ1v) is 9.64. The summed E-state index contributed by atoms with van der Waals surface area (Å²) < 4.78 is 33.9. The summed E-state index contributed by atoms with van der Waals surface area (Å²) >= 11 is 0. The average molecular weight is 525 g/mol. The second-order valence-corrected chi connectivity index (χ2v) is 7.83. The smallest absolute Gasteiger partial charge is 0.191 e. The fraction of sp³-hybridized carbons (Fsp3) is 0.650. The van der Waals surface area contributed by atoms with E-state index in [0.717, 1.165) is 26.3 Å². The van der Waals surface area contributed by atoms with Crippen LogP contribution in [0.1, 0.15) is 25.5 Å². The maximum atomic E-state index is 14.2. The lowest BCUT2D eigenvalue weighted by Crippen LogP contribution is -2.56. The minimum Gasteiger partial charge on any atom is -0.379 e. The van der Waals surface area contributed by atoms with Crippen LogP contribution in [0, 0.1) is 11.6 Å². The molecule has 1 fully saturated rings. The van der Waals surface area contributed by atoms with Gasteiger partial charge in [0.1, 0.15) is 11.6 Å². The summed E-state index contributed by atoms with van der Waals surface area (Å²) in [5.74, 6) is -0.487. The van der Waals surface area contributed by atoms with E-state index in [-0.39, 0.29) is 35.1 Å². The highest BCUT2D eigenvalue weighted by Crippen LogP contribution is 2.24. The van der Waals surface area contributed by atoms with E-state index in [1.807, 2.05) is 0 Å². The number of hydrogen-bond donors (Lipinski definition) is 2. The highest BCUT2D eigenvalue weighted by atomic mass is 127. The van der Waals surface area contributed by atoms with Crippen LogP contribution in [-0.2, 0) is 4.74 Å². The summed E-state index contributed by atoms with van der Waals surface area (Å²) in [6, 6.07) is 3.48. The van der Waals surface area contributed by atoms with Gasteiger partial charge in [-0.2, -0.15) is 0 Å². The van der Waals surface area contributed by atoms with Crippen LogP contribution < -0.4 is 10.6 Å². The number of halogens is 3. The summed E-state index contributed by atoms with van der Waals surface area (Å²) in [6.45, 7) is 8.65. The number of aliphatic imine (C=N–C) groups is 1. The van der Waals surface area contributed by atoms with Gasteiger partial charge in [-0.3, -0.25) is 9.89 Å². The number of hydrogen-bond acceptors (Lipinski definition) is 4. The van der Waals surface area contributed by atoms with Crippen molar-refractivity contribution in [3.63, 3.8) is 0 Å². The van der Waals surface area contributed by atoms with Crippen LogP contribution in [0.15, 0.2) is 23.2 Å². The quantitative estimate of drug-likeness (QED) is 0.326. The maximum absolute atomic E-state index is 14.2. The molecule has 1 saturated heterocycles. The van der Waals surface area contributed by atoms with Crippen molar-refractivity contribution in [1.29, 1.82) is 0 Å². The van der Waals surface area contributed by atoms with Gasteiger partial charge in [-0.15, -0.1) is 24.0 Å². The number of morpholine rings is 1. The Morgan fingerprint density at radius 3 is 2.31 bits per heavy atom. The summed E-state index contributed by atoms with van der Waals surface area (Å²) in [5.41, 5.74) is -0.0101. The van der Waals surface area contributed by atoms with Crippen molar-refractivity contribution in [2.45, 2.75) is 25.4 Å². The van der Waals surface area contributed by atoms with Gasteiger partial charge >= 0.3 is 0 Å². The van der Waals surface area contributed by atoms with Gasteiger partial charge in [-0.1, -0.05) is 6.07 Å². The van der Waals surface area contributed by atoms with Crippen molar-refractivity contribution >= 4 is 29.9 Å². The zero-order chi connectivity index (χ0) is 20.7. The Labute approximate surface area is 190 Å². The van der Waals surface area contributed by atoms with E-state index in [2.05, 4.69) is 34.4 Å². The van der Waals surface area contributed by atoms with E-state index in [4.69, 9.17) is 4.74 Å². The van der Waals surface area contributed by atoms with Crippen LogP contribution in [0.4, 0.5) is 8.78 Å². The topological polar surface area (TPSA) is 52.1 Å². The normalized spacial score (nSPS) is 17.0. The van der Waals surface area contributed by atoms with Gasteiger partial charge in [0.2, 0.25) is 0 Å². The standard InChI is InChI=1S/C20H33F2N5O.HI/c1-20(2,27-9-11-28-12-10-27)14-25-19(23-3)24-13-17(26(4)5)18-15(21)7-6-8-16(18)22;/h6-8,17H,9-14H2,1-5H3,(H2,23,24,25);1H. The predicted molar refractivity (Wildman–Crippen MR) is 124 cm³/mol. The van der Waals surface area contributed by atoms with Crippen molar-refractivity contribution in [2.75, 3.05) is 60.5 Å². The number of ether oxygens (including phenoxy) is 1. The lowest BCUT2D eigenvalue weighted by atomic mass is 10.0.